The van der Waals surface area contributed by atoms with Crippen LogP contribution in [0.5, 0.6) is 5.75 Å². The molecule has 0 spiro atoms. The summed E-state index contributed by atoms with van der Waals surface area (Å²) in [5.74, 6) is 0.790. The summed E-state index contributed by atoms with van der Waals surface area (Å²) >= 11 is 0. The van der Waals surface area contributed by atoms with Crippen LogP contribution in [0.3, 0.4) is 0 Å². The fraction of sp³-hybridized carbons (Fsp3) is 0.385. The number of benzene rings is 1. The Labute approximate surface area is 100 Å². The second-order valence-electron chi connectivity index (χ2n) is 4.30. The van der Waals surface area contributed by atoms with Gasteiger partial charge in [-0.05, 0) is 31.5 Å². The van der Waals surface area contributed by atoms with Gasteiger partial charge in [-0.2, -0.15) is 0 Å². The number of aromatic amines is 1. The molecule has 1 unspecified atom stereocenters. The summed E-state index contributed by atoms with van der Waals surface area (Å²) in [5, 5.41) is 10.9. The van der Waals surface area contributed by atoms with Gasteiger partial charge in [-0.1, -0.05) is 0 Å². The SMILES string of the molecule is COc1cc(C)cc2c(C(O)CN)c(C)[nH]c12. The molecule has 1 heterocycles. The maximum absolute atomic E-state index is 9.97. The number of ether oxygens (including phenoxy) is 1. The number of aliphatic hydroxyl groups is 1. The highest BCUT2D eigenvalue weighted by atomic mass is 16.5. The molecule has 0 saturated heterocycles. The van der Waals surface area contributed by atoms with Crippen LogP contribution in [0.4, 0.5) is 0 Å². The van der Waals surface area contributed by atoms with Crippen molar-refractivity contribution in [2.24, 2.45) is 5.73 Å². The molecule has 4 heteroatoms. The first kappa shape index (κ1) is 12.0. The Bertz CT molecular complexity index is 546. The van der Waals surface area contributed by atoms with Crippen molar-refractivity contribution in [3.63, 3.8) is 0 Å². The molecule has 0 fully saturated rings. The van der Waals surface area contributed by atoms with Crippen LogP contribution in [-0.2, 0) is 0 Å². The van der Waals surface area contributed by atoms with Crippen molar-refractivity contribution in [1.29, 1.82) is 0 Å². The first-order valence-corrected chi connectivity index (χ1v) is 5.63. The van der Waals surface area contributed by atoms with E-state index in [1.807, 2.05) is 26.0 Å². The molecular weight excluding hydrogens is 216 g/mol. The molecule has 0 aliphatic carbocycles. The minimum Gasteiger partial charge on any atom is -0.495 e. The van der Waals surface area contributed by atoms with Crippen LogP contribution in [0.2, 0.25) is 0 Å². The minimum atomic E-state index is -0.643. The fourth-order valence-corrected chi connectivity index (χ4v) is 2.26. The van der Waals surface area contributed by atoms with Gasteiger partial charge in [0.2, 0.25) is 0 Å². The molecule has 0 saturated carbocycles. The largest absolute Gasteiger partial charge is 0.495 e. The maximum Gasteiger partial charge on any atom is 0.143 e. The molecule has 1 atom stereocenters. The molecule has 17 heavy (non-hydrogen) atoms. The van der Waals surface area contributed by atoms with Crippen molar-refractivity contribution in [3.05, 3.63) is 29.0 Å². The monoisotopic (exact) mass is 234 g/mol. The number of fused-ring (bicyclic) bond motifs is 1. The third-order valence-electron chi connectivity index (χ3n) is 3.03. The molecule has 4 nitrogen and oxygen atoms in total. The van der Waals surface area contributed by atoms with Crippen LogP contribution < -0.4 is 10.5 Å². The van der Waals surface area contributed by atoms with E-state index in [2.05, 4.69) is 4.98 Å². The molecule has 1 aromatic carbocycles. The summed E-state index contributed by atoms with van der Waals surface area (Å²) in [5.41, 5.74) is 9.35. The van der Waals surface area contributed by atoms with Gasteiger partial charge in [0.25, 0.3) is 0 Å². The van der Waals surface area contributed by atoms with E-state index in [0.717, 1.165) is 33.5 Å². The molecule has 0 aliphatic rings. The van der Waals surface area contributed by atoms with Gasteiger partial charge in [0.15, 0.2) is 0 Å². The highest BCUT2D eigenvalue weighted by Crippen LogP contribution is 2.33. The average Bonchev–Trinajstić information content (AvgIpc) is 2.63. The number of aryl methyl sites for hydroxylation is 2. The lowest BCUT2D eigenvalue weighted by molar-refractivity contribution is 0.187. The normalized spacial score (nSPS) is 13.0. The Balaban J connectivity index is 2.77. The molecular formula is C13H18N2O2. The lowest BCUT2D eigenvalue weighted by atomic mass is 10.0. The van der Waals surface area contributed by atoms with E-state index in [1.54, 1.807) is 7.11 Å². The number of hydrogen-bond acceptors (Lipinski definition) is 3. The van der Waals surface area contributed by atoms with E-state index < -0.39 is 6.10 Å². The number of nitrogens with one attached hydrogen (secondary N) is 1. The third kappa shape index (κ3) is 1.90. The summed E-state index contributed by atoms with van der Waals surface area (Å²) in [6, 6.07) is 4.01. The summed E-state index contributed by atoms with van der Waals surface area (Å²) in [6.45, 7) is 4.15. The minimum absolute atomic E-state index is 0.212. The molecule has 92 valence electrons. The second-order valence-corrected chi connectivity index (χ2v) is 4.30. The number of aromatic nitrogens is 1. The lowest BCUT2D eigenvalue weighted by Gasteiger charge is -2.09. The maximum atomic E-state index is 9.97. The van der Waals surface area contributed by atoms with Crippen LogP contribution in [0.25, 0.3) is 10.9 Å². The molecule has 2 aromatic rings. The standard InChI is InChI=1S/C13H18N2O2/c1-7-4-9-12(10(16)6-14)8(2)15-13(9)11(5-7)17-3/h4-5,10,15-16H,6,14H2,1-3H3. The molecule has 4 N–H and O–H groups in total. The highest BCUT2D eigenvalue weighted by molar-refractivity contribution is 5.90. The Morgan fingerprint density at radius 3 is 2.71 bits per heavy atom. The van der Waals surface area contributed by atoms with Gasteiger partial charge >= 0.3 is 0 Å². The van der Waals surface area contributed by atoms with Gasteiger partial charge in [0.1, 0.15) is 5.75 Å². The summed E-state index contributed by atoms with van der Waals surface area (Å²) in [4.78, 5) is 3.25. The zero-order chi connectivity index (χ0) is 12.6. The van der Waals surface area contributed by atoms with E-state index >= 15 is 0 Å². The molecule has 0 aliphatic heterocycles. The van der Waals surface area contributed by atoms with Crippen molar-refractivity contribution in [1.82, 2.24) is 4.98 Å². The number of H-pyrrole nitrogens is 1. The van der Waals surface area contributed by atoms with Gasteiger partial charge in [0.05, 0.1) is 18.7 Å². The molecule has 0 radical (unpaired) electrons. The van der Waals surface area contributed by atoms with Crippen LogP contribution in [0.15, 0.2) is 12.1 Å². The summed E-state index contributed by atoms with van der Waals surface area (Å²) in [6.07, 6.45) is -0.643. The predicted octanol–water partition coefficient (Wildman–Crippen LogP) is 1.79. The van der Waals surface area contributed by atoms with E-state index in [-0.39, 0.29) is 6.54 Å². The van der Waals surface area contributed by atoms with E-state index in [9.17, 15) is 5.11 Å². The van der Waals surface area contributed by atoms with E-state index in [1.165, 1.54) is 0 Å². The topological polar surface area (TPSA) is 71.3 Å². The lowest BCUT2D eigenvalue weighted by Crippen LogP contribution is -2.12. The van der Waals surface area contributed by atoms with Gasteiger partial charge < -0.3 is 20.6 Å². The third-order valence-corrected chi connectivity index (χ3v) is 3.03. The zero-order valence-corrected chi connectivity index (χ0v) is 10.4. The van der Waals surface area contributed by atoms with Gasteiger partial charge in [-0.3, -0.25) is 0 Å². The Kier molecular flexibility index (Phi) is 3.09. The number of hydrogen-bond donors (Lipinski definition) is 3. The number of methoxy groups -OCH3 is 1. The number of aliphatic hydroxyl groups excluding tert-OH is 1. The number of rotatable bonds is 3. The Hall–Kier alpha value is -1.52. The number of nitrogens with two attached hydrogens (primary N) is 1. The first-order valence-electron chi connectivity index (χ1n) is 5.63. The van der Waals surface area contributed by atoms with Gasteiger partial charge in [0, 0.05) is 23.2 Å². The smallest absolute Gasteiger partial charge is 0.143 e. The highest BCUT2D eigenvalue weighted by Gasteiger charge is 2.17. The average molecular weight is 234 g/mol. The van der Waals surface area contributed by atoms with Crippen molar-refractivity contribution in [3.8, 4) is 5.75 Å². The second kappa shape index (κ2) is 4.39. The zero-order valence-electron chi connectivity index (χ0n) is 10.4. The molecule has 0 bridgehead atoms. The first-order chi connectivity index (χ1) is 8.08. The van der Waals surface area contributed by atoms with E-state index in [0.29, 0.717) is 0 Å². The predicted molar refractivity (Wildman–Crippen MR) is 68.3 cm³/mol. The van der Waals surface area contributed by atoms with Crippen molar-refractivity contribution < 1.29 is 9.84 Å². The Morgan fingerprint density at radius 2 is 2.12 bits per heavy atom. The van der Waals surface area contributed by atoms with E-state index in [4.69, 9.17) is 10.5 Å². The van der Waals surface area contributed by atoms with Crippen LogP contribution >= 0.6 is 0 Å². The van der Waals surface area contributed by atoms with Gasteiger partial charge in [-0.15, -0.1) is 0 Å². The summed E-state index contributed by atoms with van der Waals surface area (Å²) in [7, 11) is 1.64. The van der Waals surface area contributed by atoms with Crippen molar-refractivity contribution >= 4 is 10.9 Å². The fourth-order valence-electron chi connectivity index (χ4n) is 2.26. The molecule has 1 aromatic heterocycles. The molecule has 0 amide bonds. The van der Waals surface area contributed by atoms with Crippen LogP contribution in [-0.4, -0.2) is 23.7 Å². The quantitative estimate of drug-likeness (QED) is 0.758. The van der Waals surface area contributed by atoms with Crippen LogP contribution in [0, 0.1) is 13.8 Å². The van der Waals surface area contributed by atoms with Crippen molar-refractivity contribution in [2.45, 2.75) is 20.0 Å². The van der Waals surface area contributed by atoms with Crippen molar-refractivity contribution in [2.75, 3.05) is 13.7 Å². The summed E-state index contributed by atoms with van der Waals surface area (Å²) < 4.78 is 5.35. The van der Waals surface area contributed by atoms with Crippen LogP contribution in [0.1, 0.15) is 22.9 Å². The van der Waals surface area contributed by atoms with Gasteiger partial charge in [-0.25, -0.2) is 0 Å². The molecule has 2 rings (SSSR count). The Morgan fingerprint density at radius 1 is 1.41 bits per heavy atom.